The molecule has 2 rings (SSSR count). The van der Waals surface area contributed by atoms with Crippen LogP contribution in [-0.2, 0) is 6.54 Å². The van der Waals surface area contributed by atoms with Crippen molar-refractivity contribution < 1.29 is 4.39 Å². The van der Waals surface area contributed by atoms with Gasteiger partial charge in [-0.15, -0.1) is 0 Å². The Labute approximate surface area is 113 Å². The van der Waals surface area contributed by atoms with Crippen molar-refractivity contribution in [1.82, 2.24) is 9.88 Å². The van der Waals surface area contributed by atoms with E-state index in [9.17, 15) is 4.39 Å². The number of aromatic nitrogens is 1. The number of nitrogens with zero attached hydrogens (tertiary/aromatic N) is 2. The fraction of sp³-hybridized carbons (Fsp3) is 0.267. The minimum atomic E-state index is -0.210. The van der Waals surface area contributed by atoms with Crippen LogP contribution in [0.5, 0.6) is 0 Å². The third-order valence-corrected chi connectivity index (χ3v) is 2.82. The van der Waals surface area contributed by atoms with Gasteiger partial charge >= 0.3 is 0 Å². The predicted octanol–water partition coefficient (Wildman–Crippen LogP) is 2.76. The minimum absolute atomic E-state index is 0.210. The molecule has 1 N–H and O–H groups in total. The van der Waals surface area contributed by atoms with Crippen LogP contribution in [0.25, 0.3) is 0 Å². The first kappa shape index (κ1) is 13.5. The molecule has 0 radical (unpaired) electrons. The highest BCUT2D eigenvalue weighted by atomic mass is 19.1. The molecular formula is C15H18FN3. The summed E-state index contributed by atoms with van der Waals surface area (Å²) in [5.41, 5.74) is 2.00. The van der Waals surface area contributed by atoms with E-state index < -0.39 is 0 Å². The summed E-state index contributed by atoms with van der Waals surface area (Å²) < 4.78 is 12.7. The standard InChI is InChI=1S/C15H18FN3/c1-19(12-15-4-2-3-9-17-15)11-10-18-14-7-5-13(16)6-8-14/h2-9,18H,10-12H2,1H3. The van der Waals surface area contributed by atoms with E-state index in [1.165, 1.54) is 12.1 Å². The number of rotatable bonds is 6. The summed E-state index contributed by atoms with van der Waals surface area (Å²) in [6.07, 6.45) is 1.81. The highest BCUT2D eigenvalue weighted by molar-refractivity contribution is 5.42. The van der Waals surface area contributed by atoms with Crippen LogP contribution < -0.4 is 5.32 Å². The van der Waals surface area contributed by atoms with E-state index in [0.717, 1.165) is 31.0 Å². The van der Waals surface area contributed by atoms with Crippen molar-refractivity contribution in [2.45, 2.75) is 6.54 Å². The van der Waals surface area contributed by atoms with Crippen LogP contribution >= 0.6 is 0 Å². The Morgan fingerprint density at radius 3 is 2.63 bits per heavy atom. The second kappa shape index (κ2) is 6.85. The molecule has 0 saturated carbocycles. The topological polar surface area (TPSA) is 28.2 Å². The molecule has 0 aliphatic heterocycles. The minimum Gasteiger partial charge on any atom is -0.384 e. The zero-order valence-corrected chi connectivity index (χ0v) is 11.0. The van der Waals surface area contributed by atoms with Gasteiger partial charge in [0, 0.05) is 31.5 Å². The number of hydrogen-bond acceptors (Lipinski definition) is 3. The van der Waals surface area contributed by atoms with Gasteiger partial charge in [-0.25, -0.2) is 4.39 Å². The average molecular weight is 259 g/mol. The maximum atomic E-state index is 12.7. The number of anilines is 1. The largest absolute Gasteiger partial charge is 0.384 e. The zero-order chi connectivity index (χ0) is 13.5. The summed E-state index contributed by atoms with van der Waals surface area (Å²) in [6.45, 7) is 2.54. The smallest absolute Gasteiger partial charge is 0.123 e. The maximum absolute atomic E-state index is 12.7. The summed E-state index contributed by atoms with van der Waals surface area (Å²) in [6, 6.07) is 12.3. The van der Waals surface area contributed by atoms with Gasteiger partial charge in [0.1, 0.15) is 5.82 Å². The zero-order valence-electron chi connectivity index (χ0n) is 11.0. The third kappa shape index (κ3) is 4.67. The predicted molar refractivity (Wildman–Crippen MR) is 75.5 cm³/mol. The third-order valence-electron chi connectivity index (χ3n) is 2.82. The van der Waals surface area contributed by atoms with E-state index in [1.54, 1.807) is 18.3 Å². The van der Waals surface area contributed by atoms with Crippen LogP contribution in [0.15, 0.2) is 48.7 Å². The molecule has 1 heterocycles. The van der Waals surface area contributed by atoms with Gasteiger partial charge in [-0.05, 0) is 43.4 Å². The van der Waals surface area contributed by atoms with Crippen molar-refractivity contribution in [2.24, 2.45) is 0 Å². The molecule has 3 nitrogen and oxygen atoms in total. The quantitative estimate of drug-likeness (QED) is 0.864. The molecule has 19 heavy (non-hydrogen) atoms. The Morgan fingerprint density at radius 1 is 1.16 bits per heavy atom. The second-order valence-electron chi connectivity index (χ2n) is 4.49. The van der Waals surface area contributed by atoms with Crippen molar-refractivity contribution in [3.8, 4) is 0 Å². The van der Waals surface area contributed by atoms with Crippen molar-refractivity contribution in [3.63, 3.8) is 0 Å². The van der Waals surface area contributed by atoms with E-state index in [-0.39, 0.29) is 5.82 Å². The molecule has 0 atom stereocenters. The van der Waals surface area contributed by atoms with Gasteiger partial charge in [-0.2, -0.15) is 0 Å². The first-order valence-electron chi connectivity index (χ1n) is 6.32. The highest BCUT2D eigenvalue weighted by Gasteiger charge is 2.00. The van der Waals surface area contributed by atoms with Gasteiger partial charge in [0.25, 0.3) is 0 Å². The lowest BCUT2D eigenvalue weighted by atomic mass is 10.3. The molecular weight excluding hydrogens is 241 g/mol. The Balaban J connectivity index is 1.72. The molecule has 0 amide bonds. The lowest BCUT2D eigenvalue weighted by Gasteiger charge is -2.16. The maximum Gasteiger partial charge on any atom is 0.123 e. The average Bonchev–Trinajstić information content (AvgIpc) is 2.42. The Morgan fingerprint density at radius 2 is 1.95 bits per heavy atom. The number of pyridine rings is 1. The van der Waals surface area contributed by atoms with Gasteiger partial charge in [-0.1, -0.05) is 6.07 Å². The lowest BCUT2D eigenvalue weighted by molar-refractivity contribution is 0.335. The molecule has 0 fully saturated rings. The van der Waals surface area contributed by atoms with Gasteiger partial charge < -0.3 is 5.32 Å². The van der Waals surface area contributed by atoms with E-state index in [4.69, 9.17) is 0 Å². The van der Waals surface area contributed by atoms with Gasteiger partial charge in [-0.3, -0.25) is 9.88 Å². The van der Waals surface area contributed by atoms with E-state index >= 15 is 0 Å². The molecule has 0 spiro atoms. The summed E-state index contributed by atoms with van der Waals surface area (Å²) in [5.74, 6) is -0.210. The van der Waals surface area contributed by atoms with Gasteiger partial charge in [0.2, 0.25) is 0 Å². The lowest BCUT2D eigenvalue weighted by Crippen LogP contribution is -2.25. The van der Waals surface area contributed by atoms with Gasteiger partial charge in [0.05, 0.1) is 5.69 Å². The van der Waals surface area contributed by atoms with Crippen LogP contribution in [0.3, 0.4) is 0 Å². The van der Waals surface area contributed by atoms with Crippen LogP contribution in [0, 0.1) is 5.82 Å². The van der Waals surface area contributed by atoms with Crippen molar-refractivity contribution in [3.05, 3.63) is 60.2 Å². The Kier molecular flexibility index (Phi) is 4.86. The summed E-state index contributed by atoms with van der Waals surface area (Å²) >= 11 is 0. The number of likely N-dealkylation sites (N-methyl/N-ethyl adjacent to an activating group) is 1. The first-order chi connectivity index (χ1) is 9.24. The highest BCUT2D eigenvalue weighted by Crippen LogP contribution is 2.07. The number of benzene rings is 1. The van der Waals surface area contributed by atoms with Crippen LogP contribution in [0.2, 0.25) is 0 Å². The molecule has 2 aromatic rings. The molecule has 1 aromatic heterocycles. The van der Waals surface area contributed by atoms with E-state index in [1.807, 2.05) is 18.2 Å². The first-order valence-corrected chi connectivity index (χ1v) is 6.32. The fourth-order valence-corrected chi connectivity index (χ4v) is 1.81. The van der Waals surface area contributed by atoms with Crippen LogP contribution in [0.4, 0.5) is 10.1 Å². The van der Waals surface area contributed by atoms with E-state index in [0.29, 0.717) is 0 Å². The second-order valence-corrected chi connectivity index (χ2v) is 4.49. The SMILES string of the molecule is CN(CCNc1ccc(F)cc1)Cc1ccccn1. The molecule has 0 saturated heterocycles. The Hall–Kier alpha value is -1.94. The summed E-state index contributed by atoms with van der Waals surface area (Å²) in [7, 11) is 2.06. The fourth-order valence-electron chi connectivity index (χ4n) is 1.81. The Bertz CT molecular complexity index is 485. The van der Waals surface area contributed by atoms with Crippen LogP contribution in [0.1, 0.15) is 5.69 Å². The number of nitrogens with one attached hydrogen (secondary N) is 1. The van der Waals surface area contributed by atoms with Crippen molar-refractivity contribution in [2.75, 3.05) is 25.5 Å². The van der Waals surface area contributed by atoms with Crippen molar-refractivity contribution >= 4 is 5.69 Å². The number of halogens is 1. The molecule has 100 valence electrons. The van der Waals surface area contributed by atoms with Crippen LogP contribution in [-0.4, -0.2) is 30.0 Å². The molecule has 0 aliphatic carbocycles. The monoisotopic (exact) mass is 259 g/mol. The van der Waals surface area contributed by atoms with Gasteiger partial charge in [0.15, 0.2) is 0 Å². The van der Waals surface area contributed by atoms with Crippen molar-refractivity contribution in [1.29, 1.82) is 0 Å². The molecule has 4 heteroatoms. The molecule has 0 unspecified atom stereocenters. The molecule has 0 aliphatic rings. The molecule has 0 bridgehead atoms. The molecule has 1 aromatic carbocycles. The summed E-state index contributed by atoms with van der Waals surface area (Å²) in [4.78, 5) is 6.48. The summed E-state index contributed by atoms with van der Waals surface area (Å²) in [5, 5.41) is 3.26. The normalized spacial score (nSPS) is 10.7. The van der Waals surface area contributed by atoms with E-state index in [2.05, 4.69) is 22.2 Å². The number of hydrogen-bond donors (Lipinski definition) is 1.